The molecule has 4 heteroatoms. The van der Waals surface area contributed by atoms with Gasteiger partial charge < -0.3 is 10.6 Å². The van der Waals surface area contributed by atoms with Gasteiger partial charge in [0, 0.05) is 25.4 Å². The lowest BCUT2D eigenvalue weighted by Gasteiger charge is -2.14. The van der Waals surface area contributed by atoms with Gasteiger partial charge in [0.2, 0.25) is 11.8 Å². The van der Waals surface area contributed by atoms with E-state index < -0.39 is 0 Å². The molecule has 0 saturated carbocycles. The number of hydrogen-bond acceptors (Lipinski definition) is 2. The molecule has 25 heavy (non-hydrogen) atoms. The van der Waals surface area contributed by atoms with Crippen molar-refractivity contribution in [1.82, 2.24) is 10.6 Å². The normalized spacial score (nSPS) is 12.0. The van der Waals surface area contributed by atoms with Crippen molar-refractivity contribution in [2.24, 2.45) is 0 Å². The van der Waals surface area contributed by atoms with E-state index in [0.717, 1.165) is 25.7 Å². The Kier molecular flexibility index (Phi) is 17.0. The molecule has 0 aromatic rings. The smallest absolute Gasteiger partial charge is 0.220 e. The van der Waals surface area contributed by atoms with Crippen molar-refractivity contribution in [3.05, 3.63) is 6.92 Å². The molecule has 0 rings (SSSR count). The van der Waals surface area contributed by atoms with Crippen LogP contribution in [0.2, 0.25) is 0 Å². The van der Waals surface area contributed by atoms with Crippen LogP contribution in [-0.4, -0.2) is 24.4 Å². The van der Waals surface area contributed by atoms with Crippen molar-refractivity contribution in [2.45, 2.75) is 110 Å². The third kappa shape index (κ3) is 17.6. The zero-order valence-electron chi connectivity index (χ0n) is 16.7. The third-order valence-electron chi connectivity index (χ3n) is 4.43. The van der Waals surface area contributed by atoms with Crippen LogP contribution < -0.4 is 10.6 Å². The summed E-state index contributed by atoms with van der Waals surface area (Å²) < 4.78 is 0. The van der Waals surface area contributed by atoms with Gasteiger partial charge in [0.25, 0.3) is 0 Å². The summed E-state index contributed by atoms with van der Waals surface area (Å²) in [4.78, 5) is 23.6. The molecule has 0 aliphatic carbocycles. The highest BCUT2D eigenvalue weighted by molar-refractivity contribution is 5.77. The molecule has 2 N–H and O–H groups in total. The Hall–Kier alpha value is -1.06. The number of unbranched alkanes of at least 4 members (excludes halogenated alkanes) is 10. The summed E-state index contributed by atoms with van der Waals surface area (Å²) in [5, 5.41) is 5.73. The van der Waals surface area contributed by atoms with Gasteiger partial charge >= 0.3 is 0 Å². The molecule has 0 aliphatic rings. The van der Waals surface area contributed by atoms with Crippen LogP contribution in [0.4, 0.5) is 0 Å². The lowest BCUT2D eigenvalue weighted by molar-refractivity contribution is -0.123. The van der Waals surface area contributed by atoms with E-state index in [4.69, 9.17) is 0 Å². The quantitative estimate of drug-likeness (QED) is 0.365. The van der Waals surface area contributed by atoms with Crippen molar-refractivity contribution < 1.29 is 9.59 Å². The summed E-state index contributed by atoms with van der Waals surface area (Å²) in [6, 6.07) is -0.249. The molecule has 4 nitrogen and oxygen atoms in total. The molecule has 1 unspecified atom stereocenters. The Morgan fingerprint density at radius 2 is 1.16 bits per heavy atom. The molecule has 0 spiro atoms. The first-order valence-electron chi connectivity index (χ1n) is 10.5. The van der Waals surface area contributed by atoms with E-state index in [-0.39, 0.29) is 17.9 Å². The number of nitrogens with one attached hydrogen (secondary N) is 2. The summed E-state index contributed by atoms with van der Waals surface area (Å²) in [6.07, 6.45) is 15.3. The van der Waals surface area contributed by atoms with E-state index in [1.165, 1.54) is 51.4 Å². The van der Waals surface area contributed by atoms with E-state index in [0.29, 0.717) is 19.4 Å². The van der Waals surface area contributed by atoms with Crippen LogP contribution in [0.25, 0.3) is 0 Å². The standard InChI is InChI=1S/C21H41N2O2/c1-4-6-8-10-12-14-16-20(24)22-18-19(3)23-21(25)17-15-13-11-9-7-5-2/h19H,3-18H2,1-2H3,(H,22,24)(H,23,25). The molecule has 1 radical (unpaired) electrons. The minimum atomic E-state index is -0.249. The maximum Gasteiger partial charge on any atom is 0.220 e. The number of amides is 2. The lowest BCUT2D eigenvalue weighted by atomic mass is 10.1. The van der Waals surface area contributed by atoms with Gasteiger partial charge in [-0.15, -0.1) is 0 Å². The van der Waals surface area contributed by atoms with E-state index in [1.807, 2.05) is 0 Å². The van der Waals surface area contributed by atoms with Gasteiger partial charge in [-0.2, -0.15) is 0 Å². The monoisotopic (exact) mass is 353 g/mol. The van der Waals surface area contributed by atoms with E-state index in [9.17, 15) is 9.59 Å². The van der Waals surface area contributed by atoms with Crippen LogP contribution in [0.1, 0.15) is 104 Å². The van der Waals surface area contributed by atoms with Gasteiger partial charge in [0.1, 0.15) is 0 Å². The predicted molar refractivity (Wildman–Crippen MR) is 106 cm³/mol. The highest BCUT2D eigenvalue weighted by Crippen LogP contribution is 2.07. The fourth-order valence-corrected chi connectivity index (χ4v) is 2.81. The first-order chi connectivity index (χ1) is 12.1. The highest BCUT2D eigenvalue weighted by atomic mass is 16.2. The van der Waals surface area contributed by atoms with Crippen molar-refractivity contribution in [3.8, 4) is 0 Å². The molecule has 0 bridgehead atoms. The Bertz CT molecular complexity index is 332. The van der Waals surface area contributed by atoms with Crippen LogP contribution in [0.5, 0.6) is 0 Å². The maximum absolute atomic E-state index is 11.8. The molecular formula is C21H41N2O2. The van der Waals surface area contributed by atoms with Gasteiger partial charge in [-0.05, 0) is 19.8 Å². The molecule has 0 aliphatic heterocycles. The van der Waals surface area contributed by atoms with Crippen LogP contribution in [0.3, 0.4) is 0 Å². The molecule has 0 saturated heterocycles. The minimum Gasteiger partial charge on any atom is -0.354 e. The fourth-order valence-electron chi connectivity index (χ4n) is 2.81. The largest absolute Gasteiger partial charge is 0.354 e. The van der Waals surface area contributed by atoms with Crippen molar-refractivity contribution in [2.75, 3.05) is 6.54 Å². The number of hydrogen-bond donors (Lipinski definition) is 2. The van der Waals surface area contributed by atoms with E-state index in [1.54, 1.807) is 0 Å². The highest BCUT2D eigenvalue weighted by Gasteiger charge is 2.09. The van der Waals surface area contributed by atoms with Gasteiger partial charge in [0.05, 0.1) is 0 Å². The topological polar surface area (TPSA) is 58.2 Å². The Morgan fingerprint density at radius 3 is 1.68 bits per heavy atom. The van der Waals surface area contributed by atoms with Gasteiger partial charge in [-0.3, -0.25) is 9.59 Å². The summed E-state index contributed by atoms with van der Waals surface area (Å²) in [5.41, 5.74) is 0. The Labute approximate surface area is 155 Å². The van der Waals surface area contributed by atoms with Crippen LogP contribution in [-0.2, 0) is 9.59 Å². The van der Waals surface area contributed by atoms with E-state index >= 15 is 0 Å². The minimum absolute atomic E-state index is 0.0423. The molecule has 0 aromatic carbocycles. The molecule has 0 fully saturated rings. The van der Waals surface area contributed by atoms with Crippen LogP contribution >= 0.6 is 0 Å². The molecule has 1 atom stereocenters. The first-order valence-corrected chi connectivity index (χ1v) is 10.5. The Morgan fingerprint density at radius 1 is 0.720 bits per heavy atom. The molecule has 0 aromatic heterocycles. The number of carbonyl (C=O) groups is 2. The average Bonchev–Trinajstić information content (AvgIpc) is 2.59. The maximum atomic E-state index is 11.8. The Balaban J connectivity index is 3.52. The summed E-state index contributed by atoms with van der Waals surface area (Å²) in [7, 11) is 0. The second-order valence-electron chi connectivity index (χ2n) is 7.10. The van der Waals surface area contributed by atoms with Crippen LogP contribution in [0, 0.1) is 6.92 Å². The first kappa shape index (κ1) is 23.9. The third-order valence-corrected chi connectivity index (χ3v) is 4.43. The zero-order valence-corrected chi connectivity index (χ0v) is 16.7. The second kappa shape index (κ2) is 17.8. The molecule has 0 heterocycles. The van der Waals surface area contributed by atoms with E-state index in [2.05, 4.69) is 31.4 Å². The molecule has 2 amide bonds. The SMILES string of the molecule is [CH2]C(CNC(=O)CCCCCCCC)NC(=O)CCCCCCCC. The summed E-state index contributed by atoms with van der Waals surface area (Å²) in [6.45, 7) is 8.72. The summed E-state index contributed by atoms with van der Waals surface area (Å²) >= 11 is 0. The number of rotatable bonds is 17. The average molecular weight is 354 g/mol. The lowest BCUT2D eigenvalue weighted by Crippen LogP contribution is -2.41. The van der Waals surface area contributed by atoms with Crippen molar-refractivity contribution in [3.63, 3.8) is 0 Å². The number of carbonyl (C=O) groups excluding carboxylic acids is 2. The van der Waals surface area contributed by atoms with Gasteiger partial charge in [0.15, 0.2) is 0 Å². The zero-order chi connectivity index (χ0) is 18.8. The fraction of sp³-hybridized carbons (Fsp3) is 0.857. The predicted octanol–water partition coefficient (Wildman–Crippen LogP) is 4.92. The second-order valence-corrected chi connectivity index (χ2v) is 7.10. The van der Waals surface area contributed by atoms with Gasteiger partial charge in [-0.25, -0.2) is 0 Å². The van der Waals surface area contributed by atoms with Crippen molar-refractivity contribution in [1.29, 1.82) is 0 Å². The molecular weight excluding hydrogens is 312 g/mol. The molecule has 147 valence electrons. The van der Waals surface area contributed by atoms with Gasteiger partial charge in [-0.1, -0.05) is 78.1 Å². The van der Waals surface area contributed by atoms with Crippen LogP contribution in [0.15, 0.2) is 0 Å². The summed E-state index contributed by atoms with van der Waals surface area (Å²) in [5.74, 6) is 0.106. The van der Waals surface area contributed by atoms with Crippen molar-refractivity contribution >= 4 is 11.8 Å².